The topological polar surface area (TPSA) is 15.3 Å². The van der Waals surface area contributed by atoms with Crippen molar-refractivity contribution in [3.63, 3.8) is 0 Å². The van der Waals surface area contributed by atoms with E-state index in [0.717, 1.165) is 11.8 Å². The van der Waals surface area contributed by atoms with E-state index in [1.165, 1.54) is 57.3 Å². The minimum Gasteiger partial charge on any atom is -0.311 e. The molecule has 0 bridgehead atoms. The Morgan fingerprint density at radius 3 is 2.57 bits per heavy atom. The normalized spacial score (nSPS) is 34.0. The molecule has 1 aromatic carbocycles. The molecule has 0 radical (unpaired) electrons. The van der Waals surface area contributed by atoms with Crippen LogP contribution in [0.2, 0.25) is 0 Å². The zero-order valence-corrected chi connectivity index (χ0v) is 13.2. The van der Waals surface area contributed by atoms with E-state index in [9.17, 15) is 0 Å². The predicted octanol–water partition coefficient (Wildman–Crippen LogP) is 3.08. The monoisotopic (exact) mass is 284 g/mol. The molecule has 2 unspecified atom stereocenters. The Bertz CT molecular complexity index is 478. The third-order valence-electron chi connectivity index (χ3n) is 5.87. The molecule has 1 N–H and O–H groups in total. The highest BCUT2D eigenvalue weighted by molar-refractivity contribution is 5.17. The van der Waals surface area contributed by atoms with Crippen LogP contribution in [0.25, 0.3) is 0 Å². The Labute approximate surface area is 128 Å². The average Bonchev–Trinajstić information content (AvgIpc) is 3.37. The molecule has 21 heavy (non-hydrogen) atoms. The van der Waals surface area contributed by atoms with E-state index in [2.05, 4.69) is 47.5 Å². The molecular weight excluding hydrogens is 256 g/mol. The lowest BCUT2D eigenvalue weighted by Gasteiger charge is -2.49. The van der Waals surface area contributed by atoms with Gasteiger partial charge in [0.1, 0.15) is 0 Å². The molecule has 2 saturated carbocycles. The van der Waals surface area contributed by atoms with Gasteiger partial charge in [0.05, 0.1) is 0 Å². The summed E-state index contributed by atoms with van der Waals surface area (Å²) in [5.41, 5.74) is 1.90. The van der Waals surface area contributed by atoms with Crippen LogP contribution in [0.5, 0.6) is 0 Å². The van der Waals surface area contributed by atoms with Crippen LogP contribution in [-0.4, -0.2) is 36.1 Å². The van der Waals surface area contributed by atoms with Crippen LogP contribution in [-0.2, 0) is 6.42 Å². The molecule has 3 aliphatic rings. The summed E-state index contributed by atoms with van der Waals surface area (Å²) in [5.74, 6) is 1.94. The molecule has 0 amide bonds. The summed E-state index contributed by atoms with van der Waals surface area (Å²) in [6, 6.07) is 11.6. The first-order valence-electron chi connectivity index (χ1n) is 8.76. The SMILES string of the molecule is CC1(C2CC2)CNC(Cc2ccccc2)CN1CC1CC1. The van der Waals surface area contributed by atoms with Gasteiger partial charge in [0.2, 0.25) is 0 Å². The number of benzene rings is 1. The van der Waals surface area contributed by atoms with E-state index < -0.39 is 0 Å². The second kappa shape index (κ2) is 5.40. The van der Waals surface area contributed by atoms with Crippen molar-refractivity contribution in [2.75, 3.05) is 19.6 Å². The Kier molecular flexibility index (Phi) is 3.55. The minimum absolute atomic E-state index is 0.426. The van der Waals surface area contributed by atoms with Gasteiger partial charge < -0.3 is 5.32 Å². The molecule has 0 spiro atoms. The Hall–Kier alpha value is -0.860. The zero-order chi connectivity index (χ0) is 14.3. The molecule has 2 heteroatoms. The summed E-state index contributed by atoms with van der Waals surface area (Å²) < 4.78 is 0. The van der Waals surface area contributed by atoms with Gasteiger partial charge in [-0.3, -0.25) is 4.90 Å². The first-order chi connectivity index (χ1) is 10.2. The number of nitrogens with one attached hydrogen (secondary N) is 1. The highest BCUT2D eigenvalue weighted by Gasteiger charge is 2.49. The van der Waals surface area contributed by atoms with Gasteiger partial charge in [-0.2, -0.15) is 0 Å². The molecule has 1 aliphatic heterocycles. The van der Waals surface area contributed by atoms with E-state index >= 15 is 0 Å². The maximum Gasteiger partial charge on any atom is 0.0334 e. The largest absolute Gasteiger partial charge is 0.311 e. The lowest BCUT2D eigenvalue weighted by molar-refractivity contribution is 0.0310. The van der Waals surface area contributed by atoms with E-state index in [0.29, 0.717) is 11.6 Å². The van der Waals surface area contributed by atoms with Gasteiger partial charge in [-0.1, -0.05) is 30.3 Å². The standard InChI is InChI=1S/C19H28N2/c1-19(17-9-10-17)14-20-18(11-15-5-3-2-4-6-15)13-21(19)12-16-7-8-16/h2-6,16-18,20H,7-14H2,1H3. The van der Waals surface area contributed by atoms with Crippen molar-refractivity contribution >= 4 is 0 Å². The second-order valence-corrected chi connectivity index (χ2v) is 7.75. The average molecular weight is 284 g/mol. The number of hydrogen-bond donors (Lipinski definition) is 1. The molecule has 0 aromatic heterocycles. The van der Waals surface area contributed by atoms with Gasteiger partial charge in [-0.15, -0.1) is 0 Å². The van der Waals surface area contributed by atoms with E-state index in [4.69, 9.17) is 0 Å². The van der Waals surface area contributed by atoms with Crippen LogP contribution in [0, 0.1) is 11.8 Å². The fraction of sp³-hybridized carbons (Fsp3) is 0.684. The molecular formula is C19H28N2. The summed E-state index contributed by atoms with van der Waals surface area (Å²) in [5, 5.41) is 3.86. The maximum absolute atomic E-state index is 3.86. The van der Waals surface area contributed by atoms with Crippen LogP contribution in [0.4, 0.5) is 0 Å². The quantitative estimate of drug-likeness (QED) is 0.894. The summed E-state index contributed by atoms with van der Waals surface area (Å²) in [7, 11) is 0. The van der Waals surface area contributed by atoms with Crippen LogP contribution in [0.15, 0.2) is 30.3 Å². The number of nitrogens with zero attached hydrogens (tertiary/aromatic N) is 1. The van der Waals surface area contributed by atoms with E-state index in [1.807, 2.05) is 0 Å². The van der Waals surface area contributed by atoms with E-state index in [-0.39, 0.29) is 0 Å². The third kappa shape index (κ3) is 3.02. The van der Waals surface area contributed by atoms with Gasteiger partial charge in [-0.25, -0.2) is 0 Å². The predicted molar refractivity (Wildman–Crippen MR) is 87.4 cm³/mol. The van der Waals surface area contributed by atoms with Crippen molar-refractivity contribution in [2.45, 2.75) is 50.6 Å². The maximum atomic E-state index is 3.86. The molecule has 3 fully saturated rings. The van der Waals surface area contributed by atoms with Crippen molar-refractivity contribution in [1.29, 1.82) is 0 Å². The second-order valence-electron chi connectivity index (χ2n) is 7.75. The Morgan fingerprint density at radius 2 is 1.90 bits per heavy atom. The van der Waals surface area contributed by atoms with Crippen LogP contribution in [0.3, 0.4) is 0 Å². The lowest BCUT2D eigenvalue weighted by atomic mass is 9.88. The van der Waals surface area contributed by atoms with E-state index in [1.54, 1.807) is 0 Å². The zero-order valence-electron chi connectivity index (χ0n) is 13.2. The fourth-order valence-corrected chi connectivity index (χ4v) is 4.04. The molecule has 1 saturated heterocycles. The van der Waals surface area contributed by atoms with Crippen molar-refractivity contribution in [3.8, 4) is 0 Å². The molecule has 1 aromatic rings. The van der Waals surface area contributed by atoms with Crippen molar-refractivity contribution in [2.24, 2.45) is 11.8 Å². The fourth-order valence-electron chi connectivity index (χ4n) is 4.04. The first kappa shape index (κ1) is 13.8. The van der Waals surface area contributed by atoms with Crippen molar-refractivity contribution in [3.05, 3.63) is 35.9 Å². The van der Waals surface area contributed by atoms with Crippen LogP contribution < -0.4 is 5.32 Å². The molecule has 2 nitrogen and oxygen atoms in total. The third-order valence-corrected chi connectivity index (χ3v) is 5.87. The van der Waals surface area contributed by atoms with Crippen LogP contribution >= 0.6 is 0 Å². The summed E-state index contributed by atoms with van der Waals surface area (Å²) in [4.78, 5) is 2.85. The van der Waals surface area contributed by atoms with Crippen LogP contribution in [0.1, 0.15) is 38.2 Å². The van der Waals surface area contributed by atoms with Gasteiger partial charge in [0.15, 0.2) is 0 Å². The van der Waals surface area contributed by atoms with Gasteiger partial charge in [0.25, 0.3) is 0 Å². The lowest BCUT2D eigenvalue weighted by Crippen LogP contribution is -2.65. The highest BCUT2D eigenvalue weighted by atomic mass is 15.3. The van der Waals surface area contributed by atoms with Crippen molar-refractivity contribution in [1.82, 2.24) is 10.2 Å². The smallest absolute Gasteiger partial charge is 0.0334 e. The first-order valence-corrected chi connectivity index (χ1v) is 8.76. The molecule has 114 valence electrons. The summed E-state index contributed by atoms with van der Waals surface area (Å²) in [6.45, 7) is 6.28. The molecule has 2 atom stereocenters. The number of piperazine rings is 1. The molecule has 2 aliphatic carbocycles. The summed E-state index contributed by atoms with van der Waals surface area (Å²) in [6.07, 6.45) is 7.00. The van der Waals surface area contributed by atoms with Gasteiger partial charge in [-0.05, 0) is 56.4 Å². The van der Waals surface area contributed by atoms with Gasteiger partial charge in [0, 0.05) is 31.2 Å². The minimum atomic E-state index is 0.426. The number of rotatable bonds is 5. The molecule has 4 rings (SSSR count). The summed E-state index contributed by atoms with van der Waals surface area (Å²) >= 11 is 0. The number of hydrogen-bond acceptors (Lipinski definition) is 2. The molecule has 1 heterocycles. The van der Waals surface area contributed by atoms with Gasteiger partial charge >= 0.3 is 0 Å². The Balaban J connectivity index is 1.44. The van der Waals surface area contributed by atoms with Crippen molar-refractivity contribution < 1.29 is 0 Å². The Morgan fingerprint density at radius 1 is 1.14 bits per heavy atom. The highest BCUT2D eigenvalue weighted by Crippen LogP contribution is 2.45.